The van der Waals surface area contributed by atoms with Crippen molar-refractivity contribution in [2.75, 3.05) is 33.2 Å². The summed E-state index contributed by atoms with van der Waals surface area (Å²) in [4.78, 5) is 15.5. The molecule has 0 radical (unpaired) electrons. The third-order valence-corrected chi connectivity index (χ3v) is 3.45. The lowest BCUT2D eigenvalue weighted by molar-refractivity contribution is -0.136. The molecule has 1 fully saturated rings. The zero-order chi connectivity index (χ0) is 13.0. The lowest BCUT2D eigenvalue weighted by Crippen LogP contribution is -2.44. The number of aliphatic carboxylic acids is 1. The summed E-state index contributed by atoms with van der Waals surface area (Å²) in [7, 11) is 2.13. The van der Waals surface area contributed by atoms with Crippen LogP contribution in [0.15, 0.2) is 24.3 Å². The Hall–Kier alpha value is -0.810. The average molecular weight is 321 g/mol. The highest BCUT2D eigenvalue weighted by molar-refractivity contribution is 5.85. The number of carbonyl (C=O) groups is 1. The topological polar surface area (TPSA) is 43.8 Å². The maximum absolute atomic E-state index is 10.8. The second-order valence-corrected chi connectivity index (χ2v) is 4.92. The van der Waals surface area contributed by atoms with Gasteiger partial charge in [0.2, 0.25) is 0 Å². The molecule has 1 saturated heterocycles. The predicted molar refractivity (Wildman–Crippen MR) is 85.1 cm³/mol. The molecule has 6 heteroatoms. The minimum atomic E-state index is -0.763. The van der Waals surface area contributed by atoms with E-state index >= 15 is 0 Å². The van der Waals surface area contributed by atoms with E-state index in [9.17, 15) is 4.79 Å². The van der Waals surface area contributed by atoms with Crippen molar-refractivity contribution in [1.29, 1.82) is 0 Å². The molecule has 1 aliphatic heterocycles. The number of carboxylic acid groups (broad SMARTS) is 1. The molecule has 0 aromatic heterocycles. The van der Waals surface area contributed by atoms with Crippen LogP contribution < -0.4 is 0 Å². The summed E-state index contributed by atoms with van der Waals surface area (Å²) in [5.74, 6) is -0.763. The second-order valence-electron chi connectivity index (χ2n) is 4.92. The Bertz CT molecular complexity index is 421. The van der Waals surface area contributed by atoms with Crippen LogP contribution in [0.3, 0.4) is 0 Å². The molecular weight excluding hydrogens is 299 g/mol. The average Bonchev–Trinajstić information content (AvgIpc) is 2.34. The zero-order valence-electron chi connectivity index (χ0n) is 11.6. The summed E-state index contributed by atoms with van der Waals surface area (Å²) in [5.41, 5.74) is 2.08. The summed E-state index contributed by atoms with van der Waals surface area (Å²) >= 11 is 0. The Balaban J connectivity index is 0.00000180. The van der Waals surface area contributed by atoms with Gasteiger partial charge in [0.05, 0.1) is 6.42 Å². The molecule has 1 N–H and O–H groups in total. The van der Waals surface area contributed by atoms with Gasteiger partial charge in [-0.05, 0) is 18.2 Å². The van der Waals surface area contributed by atoms with Gasteiger partial charge in [0.25, 0.3) is 0 Å². The quantitative estimate of drug-likeness (QED) is 0.920. The van der Waals surface area contributed by atoms with Gasteiger partial charge in [-0.2, -0.15) is 0 Å². The SMILES string of the molecule is CN1CCN(Cc2ccccc2CC(=O)O)CC1.Cl.Cl. The molecule has 0 spiro atoms. The number of hydrogen-bond acceptors (Lipinski definition) is 3. The van der Waals surface area contributed by atoms with Crippen LogP contribution in [0.25, 0.3) is 0 Å². The molecule has 1 heterocycles. The zero-order valence-corrected chi connectivity index (χ0v) is 13.3. The second kappa shape index (κ2) is 9.19. The van der Waals surface area contributed by atoms with Gasteiger partial charge < -0.3 is 10.0 Å². The fourth-order valence-electron chi connectivity index (χ4n) is 2.29. The highest BCUT2D eigenvalue weighted by Gasteiger charge is 2.15. The van der Waals surface area contributed by atoms with E-state index in [2.05, 4.69) is 16.8 Å². The first-order valence-corrected chi connectivity index (χ1v) is 6.34. The standard InChI is InChI=1S/C14H20N2O2.2ClH/c1-15-6-8-16(9-7-15)11-13-5-3-2-4-12(13)10-14(17)18;;/h2-5H,6-11H2,1H3,(H,17,18);2*1H. The first-order valence-electron chi connectivity index (χ1n) is 6.34. The maximum atomic E-state index is 10.8. The summed E-state index contributed by atoms with van der Waals surface area (Å²) in [6.45, 7) is 5.13. The molecule has 0 bridgehead atoms. The van der Waals surface area contributed by atoms with Gasteiger partial charge in [0.1, 0.15) is 0 Å². The fraction of sp³-hybridized carbons (Fsp3) is 0.500. The molecule has 20 heavy (non-hydrogen) atoms. The molecule has 0 amide bonds. The van der Waals surface area contributed by atoms with Gasteiger partial charge in [-0.1, -0.05) is 24.3 Å². The highest BCUT2D eigenvalue weighted by Crippen LogP contribution is 2.13. The van der Waals surface area contributed by atoms with Crippen molar-refractivity contribution in [3.8, 4) is 0 Å². The van der Waals surface area contributed by atoms with E-state index in [-0.39, 0.29) is 31.2 Å². The number of rotatable bonds is 4. The summed E-state index contributed by atoms with van der Waals surface area (Å²) in [6, 6.07) is 7.85. The third-order valence-electron chi connectivity index (χ3n) is 3.45. The van der Waals surface area contributed by atoms with Gasteiger partial charge in [-0.15, -0.1) is 24.8 Å². The Morgan fingerprint density at radius 1 is 1.10 bits per heavy atom. The van der Waals surface area contributed by atoms with E-state index in [1.807, 2.05) is 24.3 Å². The molecular formula is C14H22Cl2N2O2. The largest absolute Gasteiger partial charge is 0.481 e. The number of halogens is 2. The molecule has 1 aromatic carbocycles. The van der Waals surface area contributed by atoms with Crippen LogP contribution in [-0.4, -0.2) is 54.1 Å². The molecule has 0 unspecified atom stereocenters. The lowest BCUT2D eigenvalue weighted by atomic mass is 10.0. The summed E-state index contributed by atoms with van der Waals surface area (Å²) < 4.78 is 0. The Morgan fingerprint density at radius 2 is 1.65 bits per heavy atom. The van der Waals surface area contributed by atoms with Crippen molar-refractivity contribution in [3.63, 3.8) is 0 Å². The van der Waals surface area contributed by atoms with Crippen LogP contribution in [-0.2, 0) is 17.8 Å². The first-order chi connectivity index (χ1) is 8.65. The minimum Gasteiger partial charge on any atom is -0.481 e. The molecule has 0 atom stereocenters. The van der Waals surface area contributed by atoms with Crippen molar-refractivity contribution in [2.24, 2.45) is 0 Å². The molecule has 1 aromatic rings. The fourth-order valence-corrected chi connectivity index (χ4v) is 2.29. The van der Waals surface area contributed by atoms with Crippen molar-refractivity contribution < 1.29 is 9.90 Å². The Labute approximate surface area is 132 Å². The van der Waals surface area contributed by atoms with Crippen molar-refractivity contribution in [1.82, 2.24) is 9.80 Å². The van der Waals surface area contributed by atoms with Crippen molar-refractivity contribution in [3.05, 3.63) is 35.4 Å². The van der Waals surface area contributed by atoms with E-state index in [0.29, 0.717) is 0 Å². The number of carboxylic acids is 1. The van der Waals surface area contributed by atoms with Crippen LogP contribution in [0.5, 0.6) is 0 Å². The monoisotopic (exact) mass is 320 g/mol. The van der Waals surface area contributed by atoms with Gasteiger partial charge in [-0.25, -0.2) is 0 Å². The van der Waals surface area contributed by atoms with Gasteiger partial charge in [0, 0.05) is 32.7 Å². The van der Waals surface area contributed by atoms with Gasteiger partial charge in [0.15, 0.2) is 0 Å². The molecule has 2 rings (SSSR count). The van der Waals surface area contributed by atoms with Crippen LogP contribution in [0, 0.1) is 0 Å². The van der Waals surface area contributed by atoms with Crippen LogP contribution >= 0.6 is 24.8 Å². The van der Waals surface area contributed by atoms with E-state index < -0.39 is 5.97 Å². The number of hydrogen-bond donors (Lipinski definition) is 1. The molecule has 4 nitrogen and oxygen atoms in total. The van der Waals surface area contributed by atoms with Crippen LogP contribution in [0.1, 0.15) is 11.1 Å². The Kier molecular flexibility index (Phi) is 8.81. The number of nitrogens with zero attached hydrogens (tertiary/aromatic N) is 2. The lowest BCUT2D eigenvalue weighted by Gasteiger charge is -2.32. The van der Waals surface area contributed by atoms with Gasteiger partial charge >= 0.3 is 5.97 Å². The third kappa shape index (κ3) is 5.67. The normalized spacial score (nSPS) is 16.1. The maximum Gasteiger partial charge on any atom is 0.307 e. The number of likely N-dealkylation sites (N-methyl/N-ethyl adjacent to an activating group) is 1. The highest BCUT2D eigenvalue weighted by atomic mass is 35.5. The van der Waals surface area contributed by atoms with E-state index in [1.165, 1.54) is 0 Å². The summed E-state index contributed by atoms with van der Waals surface area (Å²) in [6.07, 6.45) is 0.115. The van der Waals surface area contributed by atoms with E-state index in [1.54, 1.807) is 0 Å². The van der Waals surface area contributed by atoms with E-state index in [0.717, 1.165) is 43.9 Å². The van der Waals surface area contributed by atoms with Gasteiger partial charge in [-0.3, -0.25) is 9.69 Å². The minimum absolute atomic E-state index is 0. The molecule has 114 valence electrons. The molecule has 1 aliphatic rings. The number of piperazine rings is 1. The summed E-state index contributed by atoms with van der Waals surface area (Å²) in [5, 5.41) is 8.91. The van der Waals surface area contributed by atoms with Crippen molar-refractivity contribution >= 4 is 30.8 Å². The van der Waals surface area contributed by atoms with Crippen LogP contribution in [0.4, 0.5) is 0 Å². The predicted octanol–water partition coefficient (Wildman–Crippen LogP) is 1.90. The first kappa shape index (κ1) is 19.2. The van der Waals surface area contributed by atoms with E-state index in [4.69, 9.17) is 5.11 Å². The Morgan fingerprint density at radius 3 is 2.20 bits per heavy atom. The smallest absolute Gasteiger partial charge is 0.307 e. The molecule has 0 aliphatic carbocycles. The number of benzene rings is 1. The van der Waals surface area contributed by atoms with Crippen LogP contribution in [0.2, 0.25) is 0 Å². The molecule has 0 saturated carbocycles. The van der Waals surface area contributed by atoms with Crippen molar-refractivity contribution in [2.45, 2.75) is 13.0 Å².